The van der Waals surface area contributed by atoms with E-state index in [2.05, 4.69) is 16.0 Å². The van der Waals surface area contributed by atoms with Crippen molar-refractivity contribution in [2.75, 3.05) is 0 Å². The highest BCUT2D eigenvalue weighted by atomic mass is 15.1. The summed E-state index contributed by atoms with van der Waals surface area (Å²) in [6.07, 6.45) is 14.6. The molecule has 128 valence electrons. The summed E-state index contributed by atoms with van der Waals surface area (Å²) >= 11 is 0. The zero-order chi connectivity index (χ0) is 15.2. The molecule has 0 aromatic rings. The Morgan fingerprint density at radius 3 is 2.13 bits per heavy atom. The zero-order valence-electron chi connectivity index (χ0n) is 14.3. The van der Waals surface area contributed by atoms with Crippen LogP contribution in [0.3, 0.4) is 0 Å². The lowest BCUT2D eigenvalue weighted by Gasteiger charge is -2.24. The number of hydrogen-bond donors (Lipinski definition) is 3. The lowest BCUT2D eigenvalue weighted by atomic mass is 10.0. The fourth-order valence-electron chi connectivity index (χ4n) is 5.96. The fraction of sp³-hybridized carbons (Fsp3) is 0.947. The molecule has 5 aliphatic rings. The fourth-order valence-corrected chi connectivity index (χ4v) is 5.96. The first-order valence-corrected chi connectivity index (χ1v) is 10.2. The highest BCUT2D eigenvalue weighted by molar-refractivity contribution is 5.86. The molecule has 8 bridgehead atoms. The van der Waals surface area contributed by atoms with Crippen molar-refractivity contribution in [1.82, 2.24) is 16.0 Å². The molecular formula is C19H32N4. The van der Waals surface area contributed by atoms with Gasteiger partial charge in [0.15, 0.2) is 0 Å². The first-order valence-electron chi connectivity index (χ1n) is 10.2. The van der Waals surface area contributed by atoms with Crippen LogP contribution in [0, 0.1) is 0 Å². The summed E-state index contributed by atoms with van der Waals surface area (Å²) in [6, 6.07) is 4.94. The average molecular weight is 316 g/mol. The van der Waals surface area contributed by atoms with Crippen molar-refractivity contribution in [3.05, 3.63) is 0 Å². The van der Waals surface area contributed by atoms with E-state index in [1.165, 1.54) is 76.3 Å². The van der Waals surface area contributed by atoms with Gasteiger partial charge in [-0.1, -0.05) is 0 Å². The Balaban J connectivity index is 1.33. The van der Waals surface area contributed by atoms with Gasteiger partial charge in [-0.15, -0.1) is 0 Å². The van der Waals surface area contributed by atoms with Crippen molar-refractivity contribution < 1.29 is 0 Å². The molecular weight excluding hydrogens is 284 g/mol. The van der Waals surface area contributed by atoms with Gasteiger partial charge >= 0.3 is 0 Å². The Morgan fingerprint density at radius 1 is 0.652 bits per heavy atom. The number of rotatable bonds is 0. The van der Waals surface area contributed by atoms with Gasteiger partial charge in [-0.3, -0.25) is 4.99 Å². The molecule has 0 spiro atoms. The molecule has 0 radical (unpaired) electrons. The van der Waals surface area contributed by atoms with E-state index < -0.39 is 0 Å². The minimum absolute atomic E-state index is 0.605. The van der Waals surface area contributed by atoms with Gasteiger partial charge in [0.1, 0.15) is 0 Å². The van der Waals surface area contributed by atoms with E-state index >= 15 is 0 Å². The highest BCUT2D eigenvalue weighted by Crippen LogP contribution is 2.31. The lowest BCUT2D eigenvalue weighted by molar-refractivity contribution is 0.380. The quantitative estimate of drug-likeness (QED) is 0.642. The van der Waals surface area contributed by atoms with Gasteiger partial charge in [-0.05, 0) is 64.2 Å². The summed E-state index contributed by atoms with van der Waals surface area (Å²) in [4.78, 5) is 5.10. The Hall–Kier alpha value is -0.450. The molecule has 0 aromatic heterocycles. The minimum atomic E-state index is 0.605. The summed E-state index contributed by atoms with van der Waals surface area (Å²) in [5.74, 6) is 0. The second-order valence-electron chi connectivity index (χ2n) is 8.80. The first kappa shape index (κ1) is 14.9. The van der Waals surface area contributed by atoms with Crippen LogP contribution < -0.4 is 16.0 Å². The third-order valence-corrected chi connectivity index (χ3v) is 7.11. The molecule has 5 heterocycles. The molecule has 5 rings (SSSR count). The lowest BCUT2D eigenvalue weighted by Crippen LogP contribution is -2.46. The Bertz CT molecular complexity index is 476. The van der Waals surface area contributed by atoms with Crippen LogP contribution in [0.2, 0.25) is 0 Å². The smallest absolute Gasteiger partial charge is 0.0517 e. The van der Waals surface area contributed by atoms with Crippen molar-refractivity contribution >= 4 is 5.71 Å². The molecule has 4 nitrogen and oxygen atoms in total. The molecule has 3 N–H and O–H groups in total. The van der Waals surface area contributed by atoms with Gasteiger partial charge < -0.3 is 16.0 Å². The largest absolute Gasteiger partial charge is 0.311 e. The van der Waals surface area contributed by atoms with Gasteiger partial charge in [-0.25, -0.2) is 0 Å². The summed E-state index contributed by atoms with van der Waals surface area (Å²) in [5, 5.41) is 11.9. The molecule has 7 atom stereocenters. The standard InChI is InChI=1S/C19H32N4/c1-3-14-10-16-5-7-18(22-16)19-8-6-17(23-19)11-15-4-2-13(21-15)9-12(1)20-14/h12,14-20,22-23H,1-11H2. The van der Waals surface area contributed by atoms with Crippen molar-refractivity contribution in [2.45, 2.75) is 113 Å². The second kappa shape index (κ2) is 6.12. The van der Waals surface area contributed by atoms with E-state index in [9.17, 15) is 0 Å². The van der Waals surface area contributed by atoms with Crippen LogP contribution in [-0.2, 0) is 0 Å². The summed E-state index contributed by atoms with van der Waals surface area (Å²) in [5.41, 5.74) is 1.51. The molecule has 0 aliphatic carbocycles. The maximum absolute atomic E-state index is 5.10. The molecule has 0 saturated carbocycles. The number of aliphatic imine (C=N–C) groups is 1. The highest BCUT2D eigenvalue weighted by Gasteiger charge is 2.38. The third-order valence-electron chi connectivity index (χ3n) is 7.11. The molecule has 7 unspecified atom stereocenters. The maximum atomic E-state index is 5.10. The number of nitrogens with one attached hydrogen (secondary N) is 3. The summed E-state index contributed by atoms with van der Waals surface area (Å²) < 4.78 is 0. The van der Waals surface area contributed by atoms with Gasteiger partial charge in [-0.2, -0.15) is 0 Å². The van der Waals surface area contributed by atoms with Crippen LogP contribution >= 0.6 is 0 Å². The second-order valence-corrected chi connectivity index (χ2v) is 8.80. The van der Waals surface area contributed by atoms with Crippen LogP contribution in [0.15, 0.2) is 4.99 Å². The van der Waals surface area contributed by atoms with Crippen LogP contribution in [0.25, 0.3) is 0 Å². The van der Waals surface area contributed by atoms with Gasteiger partial charge in [0.05, 0.1) is 6.04 Å². The van der Waals surface area contributed by atoms with Crippen molar-refractivity contribution in [3.8, 4) is 0 Å². The van der Waals surface area contributed by atoms with Crippen LogP contribution in [0.1, 0.15) is 70.6 Å². The molecule has 5 aliphatic heterocycles. The van der Waals surface area contributed by atoms with E-state index in [0.29, 0.717) is 24.2 Å². The molecule has 3 fully saturated rings. The number of hydrogen-bond acceptors (Lipinski definition) is 4. The van der Waals surface area contributed by atoms with Crippen LogP contribution in [0.4, 0.5) is 0 Å². The third kappa shape index (κ3) is 3.10. The van der Waals surface area contributed by atoms with Crippen LogP contribution in [0.5, 0.6) is 0 Å². The zero-order valence-corrected chi connectivity index (χ0v) is 14.3. The topological polar surface area (TPSA) is 48.5 Å². The maximum Gasteiger partial charge on any atom is 0.0517 e. The van der Waals surface area contributed by atoms with E-state index in [1.807, 2.05) is 0 Å². The Morgan fingerprint density at radius 2 is 1.30 bits per heavy atom. The normalized spacial score (nSPS) is 49.7. The molecule has 4 heteroatoms. The SMILES string of the molecule is C1CC2CC3CCC(N3)C3CCC(CC4CCC(CC1=N2)N4)N3. The van der Waals surface area contributed by atoms with Crippen LogP contribution in [-0.4, -0.2) is 48.0 Å². The summed E-state index contributed by atoms with van der Waals surface area (Å²) in [7, 11) is 0. The molecule has 3 saturated heterocycles. The number of fused-ring (bicyclic) bond motifs is 8. The Kier molecular flexibility index (Phi) is 3.96. The van der Waals surface area contributed by atoms with Gasteiger partial charge in [0.25, 0.3) is 0 Å². The van der Waals surface area contributed by atoms with E-state index in [0.717, 1.165) is 18.1 Å². The van der Waals surface area contributed by atoms with Crippen molar-refractivity contribution in [3.63, 3.8) is 0 Å². The summed E-state index contributed by atoms with van der Waals surface area (Å²) in [6.45, 7) is 0. The average Bonchev–Trinajstić information content (AvgIpc) is 3.28. The minimum Gasteiger partial charge on any atom is -0.311 e. The van der Waals surface area contributed by atoms with Crippen molar-refractivity contribution in [2.24, 2.45) is 4.99 Å². The van der Waals surface area contributed by atoms with Crippen molar-refractivity contribution in [1.29, 1.82) is 0 Å². The van der Waals surface area contributed by atoms with Gasteiger partial charge in [0.2, 0.25) is 0 Å². The predicted molar refractivity (Wildman–Crippen MR) is 94.1 cm³/mol. The predicted octanol–water partition coefficient (Wildman–Crippen LogP) is 2.14. The Labute approximate surface area is 140 Å². The monoisotopic (exact) mass is 316 g/mol. The van der Waals surface area contributed by atoms with E-state index in [-0.39, 0.29) is 0 Å². The van der Waals surface area contributed by atoms with Gasteiger partial charge in [0, 0.05) is 48.4 Å². The number of nitrogens with zero attached hydrogens (tertiary/aromatic N) is 1. The molecule has 0 aromatic carbocycles. The van der Waals surface area contributed by atoms with E-state index in [1.54, 1.807) is 0 Å². The molecule has 0 amide bonds. The first-order chi connectivity index (χ1) is 11.3. The van der Waals surface area contributed by atoms with E-state index in [4.69, 9.17) is 4.99 Å². The molecule has 23 heavy (non-hydrogen) atoms.